The molecule has 4 heteroatoms. The summed E-state index contributed by atoms with van der Waals surface area (Å²) >= 11 is 0. The number of nitrogens with one attached hydrogen (secondary N) is 2. The van der Waals surface area contributed by atoms with Crippen LogP contribution in [0.1, 0.15) is 51.4 Å². The van der Waals surface area contributed by atoms with Crippen LogP contribution in [0.5, 0.6) is 0 Å². The number of Topliss-reactive ketones (excluding diaryl/α,β-unsaturated/α-hetero) is 2. The van der Waals surface area contributed by atoms with Crippen molar-refractivity contribution in [3.63, 3.8) is 0 Å². The highest BCUT2D eigenvalue weighted by atomic mass is 16.2. The van der Waals surface area contributed by atoms with Crippen LogP contribution < -0.4 is 10.6 Å². The Labute approximate surface area is 133 Å². The number of carbonyl (C=O) groups is 2. The van der Waals surface area contributed by atoms with Crippen LogP contribution in [0.3, 0.4) is 0 Å². The van der Waals surface area contributed by atoms with Crippen LogP contribution in [-0.2, 0) is 9.59 Å². The fourth-order valence-electron chi connectivity index (χ4n) is 4.74. The molecule has 3 aliphatic rings. The van der Waals surface area contributed by atoms with Gasteiger partial charge in [0, 0.05) is 25.4 Å². The lowest BCUT2D eigenvalue weighted by atomic mass is 9.66. The fraction of sp³-hybridized carbons (Fsp3) is 0.889. The van der Waals surface area contributed by atoms with E-state index in [9.17, 15) is 9.59 Å². The van der Waals surface area contributed by atoms with Crippen LogP contribution in [0.15, 0.2) is 0 Å². The minimum Gasteiger partial charge on any atom is -0.315 e. The zero-order valence-electron chi connectivity index (χ0n) is 13.6. The number of rotatable bonds is 0. The Balaban J connectivity index is 1.70. The smallest absolute Gasteiger partial charge is 0.201 e. The molecule has 0 amide bonds. The highest BCUT2D eigenvalue weighted by Crippen LogP contribution is 2.41. The first-order chi connectivity index (χ1) is 10.7. The summed E-state index contributed by atoms with van der Waals surface area (Å²) in [6.45, 7) is 4.07. The van der Waals surface area contributed by atoms with Crippen molar-refractivity contribution < 1.29 is 9.59 Å². The summed E-state index contributed by atoms with van der Waals surface area (Å²) in [6, 6.07) is 0. The first-order valence-electron chi connectivity index (χ1n) is 9.22. The van der Waals surface area contributed by atoms with Crippen molar-refractivity contribution >= 4 is 11.6 Å². The third kappa shape index (κ3) is 3.96. The Morgan fingerprint density at radius 1 is 0.773 bits per heavy atom. The summed E-state index contributed by atoms with van der Waals surface area (Å²) in [4.78, 5) is 24.5. The van der Waals surface area contributed by atoms with Crippen molar-refractivity contribution in [1.29, 1.82) is 0 Å². The van der Waals surface area contributed by atoms with Crippen LogP contribution in [-0.4, -0.2) is 37.7 Å². The van der Waals surface area contributed by atoms with Gasteiger partial charge in [0.15, 0.2) is 5.78 Å². The summed E-state index contributed by atoms with van der Waals surface area (Å²) in [7, 11) is 0. The molecule has 1 heterocycles. The van der Waals surface area contributed by atoms with Gasteiger partial charge in [-0.05, 0) is 62.9 Å². The maximum Gasteiger partial charge on any atom is 0.201 e. The third-order valence-electron chi connectivity index (χ3n) is 6.00. The molecular formula is C18H30N2O2. The average molecular weight is 306 g/mol. The second-order valence-corrected chi connectivity index (χ2v) is 7.57. The van der Waals surface area contributed by atoms with E-state index < -0.39 is 0 Å². The molecule has 2 aliphatic carbocycles. The van der Waals surface area contributed by atoms with E-state index in [1.165, 1.54) is 19.3 Å². The SMILES string of the molecule is O=C1CC2CCNCCNCCC3CCCC(C3)C(C2)C1=O. The average Bonchev–Trinajstić information content (AvgIpc) is 2.52. The molecule has 0 spiro atoms. The number of ketones is 2. The Morgan fingerprint density at radius 2 is 1.50 bits per heavy atom. The van der Waals surface area contributed by atoms with E-state index in [0.29, 0.717) is 18.3 Å². The molecule has 0 radical (unpaired) electrons. The van der Waals surface area contributed by atoms with E-state index in [2.05, 4.69) is 10.6 Å². The summed E-state index contributed by atoms with van der Waals surface area (Å²) in [5, 5.41) is 6.99. The van der Waals surface area contributed by atoms with Gasteiger partial charge < -0.3 is 10.6 Å². The Hall–Kier alpha value is -0.740. The van der Waals surface area contributed by atoms with Crippen molar-refractivity contribution in [2.24, 2.45) is 23.7 Å². The molecule has 2 N–H and O–H groups in total. The van der Waals surface area contributed by atoms with E-state index in [1.807, 2.05) is 0 Å². The lowest BCUT2D eigenvalue weighted by molar-refractivity contribution is -0.144. The molecule has 0 aromatic carbocycles. The molecule has 0 aromatic heterocycles. The molecule has 3 fully saturated rings. The molecule has 1 saturated heterocycles. The highest BCUT2D eigenvalue weighted by Gasteiger charge is 2.40. The minimum absolute atomic E-state index is 0.0324. The van der Waals surface area contributed by atoms with Crippen molar-refractivity contribution in [3.8, 4) is 0 Å². The molecule has 4 atom stereocenters. The number of fused-ring (bicyclic) bond motifs is 5. The predicted molar refractivity (Wildman–Crippen MR) is 86.6 cm³/mol. The molecule has 1 aliphatic heterocycles. The first kappa shape index (κ1) is 16.1. The molecular weight excluding hydrogens is 276 g/mol. The number of carbonyl (C=O) groups excluding carboxylic acids is 2. The Bertz CT molecular complexity index is 410. The molecule has 22 heavy (non-hydrogen) atoms. The molecule has 2 saturated carbocycles. The topological polar surface area (TPSA) is 58.2 Å². The van der Waals surface area contributed by atoms with Gasteiger partial charge in [-0.2, -0.15) is 0 Å². The summed E-state index contributed by atoms with van der Waals surface area (Å²) in [5.41, 5.74) is 0. The Kier molecular flexibility index (Phi) is 5.64. The van der Waals surface area contributed by atoms with Gasteiger partial charge in [-0.1, -0.05) is 12.8 Å². The largest absolute Gasteiger partial charge is 0.315 e. The van der Waals surface area contributed by atoms with Crippen LogP contribution in [0.4, 0.5) is 0 Å². The molecule has 0 aromatic rings. The van der Waals surface area contributed by atoms with Crippen molar-refractivity contribution in [3.05, 3.63) is 0 Å². The second kappa shape index (κ2) is 7.69. The predicted octanol–water partition coefficient (Wildman–Crippen LogP) is 1.93. The maximum atomic E-state index is 12.4. The number of hydrogen-bond acceptors (Lipinski definition) is 4. The molecule has 4 unspecified atom stereocenters. The van der Waals surface area contributed by atoms with Crippen LogP contribution >= 0.6 is 0 Å². The lowest BCUT2D eigenvalue weighted by Crippen LogP contribution is -2.40. The fourth-order valence-corrected chi connectivity index (χ4v) is 4.74. The summed E-state index contributed by atoms with van der Waals surface area (Å²) in [5.74, 6) is 1.53. The van der Waals surface area contributed by atoms with E-state index in [-0.39, 0.29) is 17.5 Å². The molecule has 3 rings (SSSR count). The van der Waals surface area contributed by atoms with Gasteiger partial charge >= 0.3 is 0 Å². The van der Waals surface area contributed by atoms with Crippen LogP contribution in [0.2, 0.25) is 0 Å². The van der Waals surface area contributed by atoms with E-state index in [0.717, 1.165) is 57.8 Å². The standard InChI is InChI=1S/C18H30N2O2/c21-17-12-14-5-7-20-9-8-19-6-4-13-2-1-3-15(10-13)16(11-14)18(17)22/h13-16,19-20H,1-12H2. The van der Waals surface area contributed by atoms with Crippen molar-refractivity contribution in [2.45, 2.75) is 51.4 Å². The molecule has 4 bridgehead atoms. The van der Waals surface area contributed by atoms with E-state index >= 15 is 0 Å². The van der Waals surface area contributed by atoms with Gasteiger partial charge in [-0.25, -0.2) is 0 Å². The monoisotopic (exact) mass is 306 g/mol. The zero-order valence-corrected chi connectivity index (χ0v) is 13.6. The van der Waals surface area contributed by atoms with Gasteiger partial charge in [0.05, 0.1) is 0 Å². The third-order valence-corrected chi connectivity index (χ3v) is 6.00. The van der Waals surface area contributed by atoms with E-state index in [4.69, 9.17) is 0 Å². The minimum atomic E-state index is -0.0860. The van der Waals surface area contributed by atoms with Gasteiger partial charge in [0.25, 0.3) is 0 Å². The lowest BCUT2D eigenvalue weighted by Gasteiger charge is -2.37. The van der Waals surface area contributed by atoms with Gasteiger partial charge in [-0.15, -0.1) is 0 Å². The summed E-state index contributed by atoms with van der Waals surface area (Å²) < 4.78 is 0. The quantitative estimate of drug-likeness (QED) is 0.672. The normalized spacial score (nSPS) is 38.4. The second-order valence-electron chi connectivity index (χ2n) is 7.57. The highest BCUT2D eigenvalue weighted by molar-refractivity contribution is 6.38. The van der Waals surface area contributed by atoms with E-state index in [1.54, 1.807) is 0 Å². The van der Waals surface area contributed by atoms with Gasteiger partial charge in [0.1, 0.15) is 0 Å². The number of hydrogen-bond donors (Lipinski definition) is 2. The van der Waals surface area contributed by atoms with Gasteiger partial charge in [0.2, 0.25) is 5.78 Å². The Morgan fingerprint density at radius 3 is 2.27 bits per heavy atom. The van der Waals surface area contributed by atoms with Crippen molar-refractivity contribution in [1.82, 2.24) is 10.6 Å². The molecule has 4 nitrogen and oxygen atoms in total. The van der Waals surface area contributed by atoms with Crippen LogP contribution in [0.25, 0.3) is 0 Å². The first-order valence-corrected chi connectivity index (χ1v) is 9.22. The van der Waals surface area contributed by atoms with Crippen LogP contribution in [0, 0.1) is 23.7 Å². The molecule has 124 valence electrons. The summed E-state index contributed by atoms with van der Waals surface area (Å²) in [6.07, 6.45) is 8.55. The van der Waals surface area contributed by atoms with Crippen molar-refractivity contribution in [2.75, 3.05) is 26.2 Å². The van der Waals surface area contributed by atoms with Gasteiger partial charge in [-0.3, -0.25) is 9.59 Å². The zero-order chi connectivity index (χ0) is 15.4. The maximum absolute atomic E-state index is 12.4.